The lowest BCUT2D eigenvalue weighted by molar-refractivity contribution is 0.214. The van der Waals surface area contributed by atoms with E-state index in [4.69, 9.17) is 0 Å². The van der Waals surface area contributed by atoms with E-state index in [1.165, 1.54) is 26.5 Å². The van der Waals surface area contributed by atoms with Crippen LogP contribution >= 0.6 is 11.3 Å². The molecule has 1 saturated heterocycles. The fraction of sp³-hybridized carbons (Fsp3) is 0.636. The van der Waals surface area contributed by atoms with Crippen molar-refractivity contribution in [2.45, 2.75) is 38.1 Å². The van der Waals surface area contributed by atoms with Gasteiger partial charge in [0.1, 0.15) is 0 Å². The molecule has 0 unspecified atom stereocenters. The molecular formula is C22H34N4O2S2. The molecule has 2 fully saturated rings. The summed E-state index contributed by atoms with van der Waals surface area (Å²) < 4.78 is 29.5. The summed E-state index contributed by atoms with van der Waals surface area (Å²) in [6.45, 7) is 5.59. The first-order chi connectivity index (χ1) is 14.4. The van der Waals surface area contributed by atoms with Gasteiger partial charge in [0.2, 0.25) is 0 Å². The van der Waals surface area contributed by atoms with Crippen LogP contribution in [-0.2, 0) is 10.2 Å². The Labute approximate surface area is 185 Å². The van der Waals surface area contributed by atoms with Crippen molar-refractivity contribution in [1.29, 1.82) is 0 Å². The molecule has 0 radical (unpaired) electrons. The molecule has 1 aromatic carbocycles. The molecule has 0 spiro atoms. The van der Waals surface area contributed by atoms with Crippen molar-refractivity contribution in [3.8, 4) is 0 Å². The number of piperazine rings is 1. The average Bonchev–Trinajstić information content (AvgIpc) is 3.22. The zero-order chi connectivity index (χ0) is 21.1. The quantitative estimate of drug-likeness (QED) is 0.703. The first-order valence-electron chi connectivity index (χ1n) is 11.1. The molecule has 4 rings (SSSR count). The topological polar surface area (TPSA) is 55.9 Å². The Morgan fingerprint density at radius 1 is 1.07 bits per heavy atom. The lowest BCUT2D eigenvalue weighted by Gasteiger charge is -2.37. The van der Waals surface area contributed by atoms with E-state index < -0.39 is 10.2 Å². The molecule has 1 aliphatic carbocycles. The lowest BCUT2D eigenvalue weighted by Crippen LogP contribution is -2.47. The van der Waals surface area contributed by atoms with Crippen LogP contribution in [0.5, 0.6) is 0 Å². The van der Waals surface area contributed by atoms with Gasteiger partial charge in [-0.25, -0.2) is 0 Å². The van der Waals surface area contributed by atoms with Crippen molar-refractivity contribution in [3.05, 3.63) is 29.6 Å². The molecule has 0 bridgehead atoms. The zero-order valence-electron chi connectivity index (χ0n) is 18.1. The molecule has 0 atom stereocenters. The van der Waals surface area contributed by atoms with E-state index >= 15 is 0 Å². The maximum Gasteiger partial charge on any atom is 0.279 e. The molecule has 30 heavy (non-hydrogen) atoms. The Kier molecular flexibility index (Phi) is 6.99. The number of nitrogens with one attached hydrogen (secondary N) is 1. The Morgan fingerprint density at radius 3 is 2.50 bits per heavy atom. The van der Waals surface area contributed by atoms with Crippen molar-refractivity contribution < 1.29 is 8.42 Å². The SMILES string of the molecule is CN(C)S(=O)(=O)N[C@H]1CC[C@H](CCN2CCN(c3cccc4sccc34)CC2)CC1. The first-order valence-corrected chi connectivity index (χ1v) is 13.4. The number of hydrogen-bond donors (Lipinski definition) is 1. The molecular weight excluding hydrogens is 416 g/mol. The second-order valence-corrected chi connectivity index (χ2v) is 11.7. The standard InChI is InChI=1S/C22H34N4O2S2/c1-24(2)30(27,28)23-19-8-6-18(7-9-19)10-12-25-13-15-26(16-14-25)21-4-3-5-22-20(21)11-17-29-22/h3-5,11,17-19,23H,6-10,12-16H2,1-2H3/t18-,19-. The number of thiophene rings is 1. The van der Waals surface area contributed by atoms with Crippen LogP contribution in [0.1, 0.15) is 32.1 Å². The van der Waals surface area contributed by atoms with Crippen LogP contribution in [0.25, 0.3) is 10.1 Å². The molecule has 1 aromatic heterocycles. The van der Waals surface area contributed by atoms with Gasteiger partial charge < -0.3 is 4.90 Å². The Morgan fingerprint density at radius 2 is 1.80 bits per heavy atom. The Balaban J connectivity index is 1.19. The van der Waals surface area contributed by atoms with E-state index in [1.807, 2.05) is 11.3 Å². The minimum Gasteiger partial charge on any atom is -0.368 e. The average molecular weight is 451 g/mol. The second kappa shape index (κ2) is 9.53. The summed E-state index contributed by atoms with van der Waals surface area (Å²) in [6, 6.07) is 8.98. The van der Waals surface area contributed by atoms with Gasteiger partial charge in [-0.15, -0.1) is 11.3 Å². The number of rotatable bonds is 7. The van der Waals surface area contributed by atoms with Crippen LogP contribution in [0.4, 0.5) is 5.69 Å². The summed E-state index contributed by atoms with van der Waals surface area (Å²) >= 11 is 1.82. The van der Waals surface area contributed by atoms with Crippen molar-refractivity contribution in [2.75, 3.05) is 51.7 Å². The molecule has 166 valence electrons. The van der Waals surface area contributed by atoms with Gasteiger partial charge in [0, 0.05) is 62.1 Å². The Hall–Kier alpha value is -1.19. The highest BCUT2D eigenvalue weighted by atomic mass is 32.2. The minimum absolute atomic E-state index is 0.0945. The maximum atomic E-state index is 12.0. The molecule has 6 nitrogen and oxygen atoms in total. The Bertz CT molecular complexity index is 928. The van der Waals surface area contributed by atoms with E-state index in [9.17, 15) is 8.42 Å². The van der Waals surface area contributed by atoms with Crippen molar-refractivity contribution in [3.63, 3.8) is 0 Å². The summed E-state index contributed by atoms with van der Waals surface area (Å²) in [6.07, 6.45) is 5.39. The van der Waals surface area contributed by atoms with Gasteiger partial charge in [0.25, 0.3) is 10.2 Å². The number of nitrogens with zero attached hydrogens (tertiary/aromatic N) is 3. The highest BCUT2D eigenvalue weighted by Gasteiger charge is 2.26. The third-order valence-corrected chi connectivity index (χ3v) is 9.16. The summed E-state index contributed by atoms with van der Waals surface area (Å²) in [5, 5.41) is 3.57. The third kappa shape index (κ3) is 5.16. The highest BCUT2D eigenvalue weighted by Crippen LogP contribution is 2.31. The third-order valence-electron chi connectivity index (χ3n) is 6.68. The van der Waals surface area contributed by atoms with Gasteiger partial charge in [-0.1, -0.05) is 6.07 Å². The highest BCUT2D eigenvalue weighted by molar-refractivity contribution is 7.87. The fourth-order valence-corrected chi connectivity index (χ4v) is 6.39. The monoisotopic (exact) mass is 450 g/mol. The summed E-state index contributed by atoms with van der Waals surface area (Å²) in [5.41, 5.74) is 1.38. The summed E-state index contributed by atoms with van der Waals surface area (Å²) in [5.74, 6) is 0.725. The molecule has 8 heteroatoms. The number of hydrogen-bond acceptors (Lipinski definition) is 5. The van der Waals surface area contributed by atoms with Crippen molar-refractivity contribution in [1.82, 2.24) is 13.9 Å². The number of fused-ring (bicyclic) bond motifs is 1. The van der Waals surface area contributed by atoms with Gasteiger partial charge in [-0.2, -0.15) is 17.4 Å². The smallest absolute Gasteiger partial charge is 0.279 e. The van der Waals surface area contributed by atoms with Gasteiger partial charge in [-0.05, 0) is 68.1 Å². The summed E-state index contributed by atoms with van der Waals surface area (Å²) in [4.78, 5) is 5.14. The van der Waals surface area contributed by atoms with Crippen LogP contribution in [-0.4, -0.2) is 70.5 Å². The normalized spacial score (nSPS) is 24.0. The maximum absolute atomic E-state index is 12.0. The van der Waals surface area contributed by atoms with E-state index in [2.05, 4.69) is 44.2 Å². The second-order valence-electron chi connectivity index (χ2n) is 8.85. The molecule has 0 amide bonds. The van der Waals surface area contributed by atoms with Crippen LogP contribution in [0.15, 0.2) is 29.6 Å². The molecule has 1 aliphatic heterocycles. The molecule has 1 N–H and O–H groups in total. The van der Waals surface area contributed by atoms with Gasteiger partial charge in [0.15, 0.2) is 0 Å². The van der Waals surface area contributed by atoms with E-state index in [-0.39, 0.29) is 6.04 Å². The number of anilines is 1. The van der Waals surface area contributed by atoms with Gasteiger partial charge in [0.05, 0.1) is 0 Å². The van der Waals surface area contributed by atoms with E-state index in [1.54, 1.807) is 14.1 Å². The minimum atomic E-state index is -3.31. The fourth-order valence-electron chi connectivity index (χ4n) is 4.72. The number of benzene rings is 1. The van der Waals surface area contributed by atoms with Gasteiger partial charge in [-0.3, -0.25) is 4.90 Å². The molecule has 2 aliphatic rings. The van der Waals surface area contributed by atoms with E-state index in [0.29, 0.717) is 0 Å². The van der Waals surface area contributed by atoms with Crippen LogP contribution in [0, 0.1) is 5.92 Å². The molecule has 1 saturated carbocycles. The van der Waals surface area contributed by atoms with Crippen LogP contribution < -0.4 is 9.62 Å². The van der Waals surface area contributed by atoms with Crippen molar-refractivity contribution >= 4 is 37.3 Å². The van der Waals surface area contributed by atoms with Crippen LogP contribution in [0.2, 0.25) is 0 Å². The predicted molar refractivity (Wildman–Crippen MR) is 127 cm³/mol. The predicted octanol–water partition coefficient (Wildman–Crippen LogP) is 3.37. The van der Waals surface area contributed by atoms with Crippen molar-refractivity contribution in [2.24, 2.45) is 5.92 Å². The van der Waals surface area contributed by atoms with Gasteiger partial charge >= 0.3 is 0 Å². The summed E-state index contributed by atoms with van der Waals surface area (Å²) in [7, 11) is -0.156. The molecule has 2 aromatic rings. The zero-order valence-corrected chi connectivity index (χ0v) is 19.7. The molecule has 2 heterocycles. The van der Waals surface area contributed by atoms with E-state index in [0.717, 1.165) is 64.3 Å². The lowest BCUT2D eigenvalue weighted by atomic mass is 9.84. The largest absolute Gasteiger partial charge is 0.368 e. The first kappa shape index (κ1) is 22.0. The van der Waals surface area contributed by atoms with Crippen LogP contribution in [0.3, 0.4) is 0 Å².